The highest BCUT2D eigenvalue weighted by Gasteiger charge is 2.37. The fourth-order valence-corrected chi connectivity index (χ4v) is 3.58. The van der Waals surface area contributed by atoms with Gasteiger partial charge in [-0.15, -0.1) is 0 Å². The monoisotopic (exact) mass is 498 g/mol. The smallest absolute Gasteiger partial charge is 0.335 e. The van der Waals surface area contributed by atoms with E-state index in [9.17, 15) is 14.4 Å². The van der Waals surface area contributed by atoms with Crippen molar-refractivity contribution in [1.82, 2.24) is 5.32 Å². The molecule has 0 unspecified atom stereocenters. The Labute approximate surface area is 191 Å². The average molecular weight is 500 g/mol. The van der Waals surface area contributed by atoms with E-state index >= 15 is 0 Å². The predicted octanol–water partition coefficient (Wildman–Crippen LogP) is 5.59. The maximum Gasteiger partial charge on any atom is 0.335 e. The Kier molecular flexibility index (Phi) is 5.80. The Morgan fingerprint density at radius 1 is 1.06 bits per heavy atom. The van der Waals surface area contributed by atoms with E-state index in [-0.39, 0.29) is 5.57 Å². The number of amides is 4. The van der Waals surface area contributed by atoms with Gasteiger partial charge in [-0.05, 0) is 70.4 Å². The standard InChI is InChI=1S/C23H16BrClN2O4/c1-2-13-3-6-15(7-4-13)27-22(29)17(21(28)26-23(27)30)12-16-8-10-20(31-16)14-5-9-18(24)19(25)11-14/h3-12H,2H2,1H3,(H,26,28,30)/b17-12-. The lowest BCUT2D eigenvalue weighted by molar-refractivity contribution is -0.122. The van der Waals surface area contributed by atoms with E-state index in [0.717, 1.165) is 26.9 Å². The summed E-state index contributed by atoms with van der Waals surface area (Å²) in [5.74, 6) is -0.681. The third-order valence-electron chi connectivity index (χ3n) is 4.82. The van der Waals surface area contributed by atoms with Crippen LogP contribution in [0, 0.1) is 0 Å². The number of benzene rings is 2. The topological polar surface area (TPSA) is 79.6 Å². The summed E-state index contributed by atoms with van der Waals surface area (Å²) >= 11 is 9.47. The van der Waals surface area contributed by atoms with Crippen LogP contribution in [-0.4, -0.2) is 17.8 Å². The van der Waals surface area contributed by atoms with Gasteiger partial charge in [-0.2, -0.15) is 0 Å². The Bertz CT molecular complexity index is 1230. The van der Waals surface area contributed by atoms with Gasteiger partial charge in [0.25, 0.3) is 11.8 Å². The molecule has 0 saturated carbocycles. The molecule has 3 aromatic rings. The maximum absolute atomic E-state index is 13.0. The van der Waals surface area contributed by atoms with E-state index < -0.39 is 17.8 Å². The second kappa shape index (κ2) is 8.53. The molecule has 1 saturated heterocycles. The van der Waals surface area contributed by atoms with Gasteiger partial charge in [-0.3, -0.25) is 14.9 Å². The first-order valence-corrected chi connectivity index (χ1v) is 10.6. The fraction of sp³-hybridized carbons (Fsp3) is 0.0870. The van der Waals surface area contributed by atoms with Crippen molar-refractivity contribution in [3.8, 4) is 11.3 Å². The Morgan fingerprint density at radius 3 is 2.48 bits per heavy atom. The third kappa shape index (κ3) is 4.19. The van der Waals surface area contributed by atoms with Crippen LogP contribution in [0.15, 0.2) is 69.1 Å². The van der Waals surface area contributed by atoms with Gasteiger partial charge in [0.05, 0.1) is 10.7 Å². The lowest BCUT2D eigenvalue weighted by atomic mass is 10.1. The molecule has 1 aliphatic heterocycles. The van der Waals surface area contributed by atoms with E-state index in [1.165, 1.54) is 6.08 Å². The van der Waals surface area contributed by atoms with E-state index in [1.54, 1.807) is 36.4 Å². The zero-order valence-electron chi connectivity index (χ0n) is 16.3. The molecule has 2 heterocycles. The van der Waals surface area contributed by atoms with Crippen LogP contribution in [0.25, 0.3) is 17.4 Å². The molecule has 8 heteroatoms. The Morgan fingerprint density at radius 2 is 1.81 bits per heavy atom. The summed E-state index contributed by atoms with van der Waals surface area (Å²) < 4.78 is 6.53. The number of hydrogen-bond donors (Lipinski definition) is 1. The first-order valence-electron chi connectivity index (χ1n) is 9.43. The van der Waals surface area contributed by atoms with E-state index in [2.05, 4.69) is 21.2 Å². The predicted molar refractivity (Wildman–Crippen MR) is 122 cm³/mol. The number of carbonyl (C=O) groups is 3. The number of halogens is 2. The highest BCUT2D eigenvalue weighted by molar-refractivity contribution is 9.10. The van der Waals surface area contributed by atoms with Crippen molar-refractivity contribution in [2.24, 2.45) is 0 Å². The van der Waals surface area contributed by atoms with Gasteiger partial charge in [0.15, 0.2) is 0 Å². The van der Waals surface area contributed by atoms with Crippen LogP contribution < -0.4 is 10.2 Å². The lowest BCUT2D eigenvalue weighted by Crippen LogP contribution is -2.54. The van der Waals surface area contributed by atoms with Gasteiger partial charge in [-0.25, -0.2) is 9.69 Å². The van der Waals surface area contributed by atoms with Gasteiger partial charge in [0, 0.05) is 10.0 Å². The van der Waals surface area contributed by atoms with Gasteiger partial charge in [0.2, 0.25) is 0 Å². The van der Waals surface area contributed by atoms with Crippen molar-refractivity contribution < 1.29 is 18.8 Å². The molecule has 0 spiro atoms. The highest BCUT2D eigenvalue weighted by atomic mass is 79.9. The van der Waals surface area contributed by atoms with E-state index in [0.29, 0.717) is 22.2 Å². The second-order valence-corrected chi connectivity index (χ2v) is 8.07. The molecular formula is C23H16BrClN2O4. The largest absolute Gasteiger partial charge is 0.457 e. The number of barbiturate groups is 1. The zero-order valence-corrected chi connectivity index (χ0v) is 18.7. The van der Waals surface area contributed by atoms with Crippen LogP contribution in [-0.2, 0) is 16.0 Å². The Balaban J connectivity index is 1.65. The van der Waals surface area contributed by atoms with Crippen molar-refractivity contribution >= 4 is 57.1 Å². The summed E-state index contributed by atoms with van der Waals surface area (Å²) in [5, 5.41) is 2.73. The van der Waals surface area contributed by atoms with Crippen molar-refractivity contribution in [1.29, 1.82) is 0 Å². The molecule has 1 aromatic heterocycles. The molecule has 1 aliphatic rings. The number of rotatable bonds is 4. The summed E-state index contributed by atoms with van der Waals surface area (Å²) in [7, 11) is 0. The third-order valence-corrected chi connectivity index (χ3v) is 6.05. The van der Waals surface area contributed by atoms with Crippen molar-refractivity contribution in [3.63, 3.8) is 0 Å². The minimum atomic E-state index is -0.791. The Hall–Kier alpha value is -3.16. The van der Waals surface area contributed by atoms with Crippen molar-refractivity contribution in [2.45, 2.75) is 13.3 Å². The summed E-state index contributed by atoms with van der Waals surface area (Å²) in [6.07, 6.45) is 2.15. The number of urea groups is 1. The molecule has 156 valence electrons. The molecule has 0 radical (unpaired) electrons. The number of hydrogen-bond acceptors (Lipinski definition) is 4. The summed E-state index contributed by atoms with van der Waals surface area (Å²) in [6, 6.07) is 14.9. The number of furan rings is 1. The molecule has 4 amide bonds. The molecule has 1 N–H and O–H groups in total. The van der Waals surface area contributed by atoms with Crippen LogP contribution >= 0.6 is 27.5 Å². The first-order chi connectivity index (χ1) is 14.9. The van der Waals surface area contributed by atoms with Crippen LogP contribution in [0.1, 0.15) is 18.2 Å². The van der Waals surface area contributed by atoms with Gasteiger partial charge < -0.3 is 4.42 Å². The lowest BCUT2D eigenvalue weighted by Gasteiger charge is -2.26. The molecule has 0 atom stereocenters. The quantitative estimate of drug-likeness (QED) is 0.375. The molecule has 31 heavy (non-hydrogen) atoms. The minimum Gasteiger partial charge on any atom is -0.457 e. The van der Waals surface area contributed by atoms with Crippen LogP contribution in [0.3, 0.4) is 0 Å². The second-order valence-electron chi connectivity index (χ2n) is 6.81. The summed E-state index contributed by atoms with van der Waals surface area (Å²) in [6.45, 7) is 2.01. The number of nitrogens with zero attached hydrogens (tertiary/aromatic N) is 1. The summed E-state index contributed by atoms with van der Waals surface area (Å²) in [4.78, 5) is 38.6. The minimum absolute atomic E-state index is 0.200. The highest BCUT2D eigenvalue weighted by Crippen LogP contribution is 2.31. The zero-order chi connectivity index (χ0) is 22.1. The average Bonchev–Trinajstić information content (AvgIpc) is 3.22. The molecule has 0 aliphatic carbocycles. The number of anilines is 1. The molecule has 0 bridgehead atoms. The maximum atomic E-state index is 13.0. The van der Waals surface area contributed by atoms with Crippen LogP contribution in [0.5, 0.6) is 0 Å². The van der Waals surface area contributed by atoms with Crippen molar-refractivity contribution in [3.05, 3.63) is 81.0 Å². The van der Waals surface area contributed by atoms with E-state index in [4.69, 9.17) is 16.0 Å². The fourth-order valence-electron chi connectivity index (χ4n) is 3.15. The van der Waals surface area contributed by atoms with Crippen molar-refractivity contribution in [2.75, 3.05) is 4.90 Å². The van der Waals surface area contributed by atoms with E-state index in [1.807, 2.05) is 25.1 Å². The SMILES string of the molecule is CCc1ccc(N2C(=O)NC(=O)/C(=C/c3ccc(-c4ccc(Br)c(Cl)c4)o3)C2=O)cc1. The number of nitrogens with one attached hydrogen (secondary N) is 1. The molecular weight excluding hydrogens is 484 g/mol. The summed E-state index contributed by atoms with van der Waals surface area (Å²) in [5.41, 5.74) is 1.98. The number of aryl methyl sites for hydroxylation is 1. The number of imide groups is 2. The normalized spacial score (nSPS) is 15.5. The first kappa shape index (κ1) is 21.1. The molecule has 4 rings (SSSR count). The van der Waals surface area contributed by atoms with Gasteiger partial charge in [-0.1, -0.05) is 36.7 Å². The van der Waals surface area contributed by atoms with Crippen LogP contribution in [0.2, 0.25) is 5.02 Å². The number of carbonyl (C=O) groups excluding carboxylic acids is 3. The molecule has 2 aromatic carbocycles. The van der Waals surface area contributed by atoms with Gasteiger partial charge in [0.1, 0.15) is 17.1 Å². The molecule has 1 fully saturated rings. The molecule has 6 nitrogen and oxygen atoms in total. The van der Waals surface area contributed by atoms with Gasteiger partial charge >= 0.3 is 6.03 Å². The van der Waals surface area contributed by atoms with Crippen LogP contribution in [0.4, 0.5) is 10.5 Å².